The number of nitrogens with zero attached hydrogens (tertiary/aromatic N) is 1. The van der Waals surface area contributed by atoms with E-state index in [0.29, 0.717) is 26.1 Å². The summed E-state index contributed by atoms with van der Waals surface area (Å²) < 4.78 is 43.1. The maximum absolute atomic E-state index is 12.6. The molecular weight excluding hydrogens is 263 g/mol. The van der Waals surface area contributed by atoms with Crippen LogP contribution >= 0.6 is 0 Å². The molecule has 0 aromatic heterocycles. The number of rotatable bonds is 1. The number of aliphatic hydroxyl groups is 1. The molecule has 2 heterocycles. The number of amides is 1. The second-order valence-electron chi connectivity index (χ2n) is 5.24. The maximum atomic E-state index is 12.6. The third-order valence-electron chi connectivity index (χ3n) is 4.00. The molecule has 0 aromatic rings. The van der Waals surface area contributed by atoms with Crippen molar-refractivity contribution < 1.29 is 27.8 Å². The first-order valence-electron chi connectivity index (χ1n) is 6.49. The molecule has 1 N–H and O–H groups in total. The van der Waals surface area contributed by atoms with E-state index in [1.165, 1.54) is 4.90 Å². The van der Waals surface area contributed by atoms with Crippen LogP contribution in [0, 0.1) is 5.92 Å². The molecule has 2 saturated heterocycles. The van der Waals surface area contributed by atoms with Crippen LogP contribution in [-0.4, -0.2) is 54.0 Å². The molecule has 7 heteroatoms. The Morgan fingerprint density at radius 3 is 2.21 bits per heavy atom. The fraction of sp³-hybridized carbons (Fsp3) is 0.917. The van der Waals surface area contributed by atoms with Crippen molar-refractivity contribution in [2.45, 2.75) is 37.5 Å². The number of carbonyl (C=O) groups excluding carboxylic acids is 1. The van der Waals surface area contributed by atoms with Crippen LogP contribution in [0.2, 0.25) is 0 Å². The highest BCUT2D eigenvalue weighted by Gasteiger charge is 2.55. The monoisotopic (exact) mass is 281 g/mol. The molecule has 0 unspecified atom stereocenters. The van der Waals surface area contributed by atoms with Crippen LogP contribution in [0.15, 0.2) is 0 Å². The quantitative estimate of drug-likeness (QED) is 0.789. The average Bonchev–Trinajstić information content (AvgIpc) is 2.39. The van der Waals surface area contributed by atoms with E-state index in [4.69, 9.17) is 4.74 Å². The fourth-order valence-electron chi connectivity index (χ4n) is 2.58. The van der Waals surface area contributed by atoms with Gasteiger partial charge in [-0.3, -0.25) is 4.79 Å². The van der Waals surface area contributed by atoms with Crippen LogP contribution in [0.25, 0.3) is 0 Å². The van der Waals surface area contributed by atoms with Crippen LogP contribution in [0.1, 0.15) is 25.7 Å². The minimum absolute atomic E-state index is 0.0355. The summed E-state index contributed by atoms with van der Waals surface area (Å²) in [5.74, 6) is -0.252. The summed E-state index contributed by atoms with van der Waals surface area (Å²) in [5.41, 5.74) is -2.64. The van der Waals surface area contributed by atoms with Gasteiger partial charge in [0.25, 0.3) is 0 Å². The molecule has 2 rings (SSSR count). The van der Waals surface area contributed by atoms with Gasteiger partial charge in [0.05, 0.1) is 0 Å². The number of halogens is 3. The highest BCUT2D eigenvalue weighted by atomic mass is 19.4. The van der Waals surface area contributed by atoms with Crippen LogP contribution < -0.4 is 0 Å². The van der Waals surface area contributed by atoms with Crippen LogP contribution in [0.4, 0.5) is 13.2 Å². The molecule has 110 valence electrons. The van der Waals surface area contributed by atoms with Crippen molar-refractivity contribution in [1.29, 1.82) is 0 Å². The molecule has 2 aliphatic heterocycles. The maximum Gasteiger partial charge on any atom is 0.417 e. The van der Waals surface area contributed by atoms with E-state index in [2.05, 4.69) is 0 Å². The summed E-state index contributed by atoms with van der Waals surface area (Å²) in [6.45, 7) is 0.978. The van der Waals surface area contributed by atoms with Gasteiger partial charge in [0.2, 0.25) is 5.91 Å². The number of ether oxygens (including phenoxy) is 1. The zero-order chi connectivity index (χ0) is 14.1. The molecule has 0 aromatic carbocycles. The van der Waals surface area contributed by atoms with Crippen molar-refractivity contribution in [2.75, 3.05) is 26.3 Å². The van der Waals surface area contributed by atoms with Gasteiger partial charge in [-0.1, -0.05) is 0 Å². The summed E-state index contributed by atoms with van der Waals surface area (Å²) >= 11 is 0. The molecule has 2 aliphatic rings. The molecule has 2 fully saturated rings. The molecule has 0 atom stereocenters. The molecule has 0 saturated carbocycles. The van der Waals surface area contributed by atoms with E-state index < -0.39 is 24.6 Å². The summed E-state index contributed by atoms with van der Waals surface area (Å²) in [7, 11) is 0. The lowest BCUT2D eigenvalue weighted by atomic mass is 9.89. The van der Waals surface area contributed by atoms with E-state index in [1.807, 2.05) is 0 Å². The zero-order valence-electron chi connectivity index (χ0n) is 10.6. The summed E-state index contributed by atoms with van der Waals surface area (Å²) in [6.07, 6.45) is -4.25. The van der Waals surface area contributed by atoms with E-state index in [1.54, 1.807) is 0 Å². The lowest BCUT2D eigenvalue weighted by Gasteiger charge is -2.40. The SMILES string of the molecule is O=C(C1CCOCC1)N1CCC(O)(C(F)(F)F)CC1. The average molecular weight is 281 g/mol. The van der Waals surface area contributed by atoms with E-state index in [0.717, 1.165) is 0 Å². The standard InChI is InChI=1S/C12H18F3NO3/c13-12(14,15)11(18)3-5-16(6-4-11)10(17)9-1-7-19-8-2-9/h9,18H,1-8H2. The van der Waals surface area contributed by atoms with Crippen LogP contribution in [-0.2, 0) is 9.53 Å². The number of alkyl halides is 3. The van der Waals surface area contributed by atoms with Crippen molar-refractivity contribution >= 4 is 5.91 Å². The lowest BCUT2D eigenvalue weighted by Crippen LogP contribution is -2.55. The Morgan fingerprint density at radius 1 is 1.21 bits per heavy atom. The van der Waals surface area contributed by atoms with Crippen molar-refractivity contribution in [3.05, 3.63) is 0 Å². The predicted molar refractivity (Wildman–Crippen MR) is 60.4 cm³/mol. The summed E-state index contributed by atoms with van der Waals surface area (Å²) in [5, 5.41) is 9.53. The minimum Gasteiger partial charge on any atom is -0.381 e. The van der Waals surface area contributed by atoms with Crippen LogP contribution in [0.3, 0.4) is 0 Å². The fourth-order valence-corrected chi connectivity index (χ4v) is 2.58. The highest BCUT2D eigenvalue weighted by Crippen LogP contribution is 2.38. The van der Waals surface area contributed by atoms with Crippen LogP contribution in [0.5, 0.6) is 0 Å². The largest absolute Gasteiger partial charge is 0.417 e. The number of likely N-dealkylation sites (tertiary alicyclic amines) is 1. The third kappa shape index (κ3) is 3.02. The van der Waals surface area contributed by atoms with Gasteiger partial charge in [-0.2, -0.15) is 13.2 Å². The zero-order valence-corrected chi connectivity index (χ0v) is 10.6. The minimum atomic E-state index is -4.62. The van der Waals surface area contributed by atoms with E-state index in [-0.39, 0.29) is 24.9 Å². The van der Waals surface area contributed by atoms with Crippen molar-refractivity contribution in [1.82, 2.24) is 4.90 Å². The van der Waals surface area contributed by atoms with Gasteiger partial charge >= 0.3 is 6.18 Å². The molecule has 0 spiro atoms. The molecular formula is C12H18F3NO3. The lowest BCUT2D eigenvalue weighted by molar-refractivity contribution is -0.272. The molecule has 1 amide bonds. The van der Waals surface area contributed by atoms with E-state index in [9.17, 15) is 23.1 Å². The topological polar surface area (TPSA) is 49.8 Å². The Morgan fingerprint density at radius 2 is 1.74 bits per heavy atom. The first-order chi connectivity index (χ1) is 8.83. The first-order valence-corrected chi connectivity index (χ1v) is 6.49. The molecule has 0 radical (unpaired) electrons. The smallest absolute Gasteiger partial charge is 0.381 e. The van der Waals surface area contributed by atoms with Gasteiger partial charge in [-0.25, -0.2) is 0 Å². The first kappa shape index (κ1) is 14.6. The number of carbonyl (C=O) groups is 1. The molecule has 4 nitrogen and oxygen atoms in total. The Hall–Kier alpha value is -0.820. The van der Waals surface area contributed by atoms with Gasteiger partial charge in [-0.05, 0) is 12.8 Å². The van der Waals surface area contributed by atoms with Gasteiger partial charge in [0, 0.05) is 45.1 Å². The van der Waals surface area contributed by atoms with E-state index >= 15 is 0 Å². The number of hydrogen-bond acceptors (Lipinski definition) is 3. The van der Waals surface area contributed by atoms with Crippen molar-refractivity contribution in [3.8, 4) is 0 Å². The highest BCUT2D eigenvalue weighted by molar-refractivity contribution is 5.79. The summed E-state index contributed by atoms with van der Waals surface area (Å²) in [6, 6.07) is 0. The predicted octanol–water partition coefficient (Wildman–Crippen LogP) is 1.33. The Kier molecular flexibility index (Phi) is 4.06. The van der Waals surface area contributed by atoms with Gasteiger partial charge in [0.1, 0.15) is 0 Å². The van der Waals surface area contributed by atoms with Crippen molar-refractivity contribution in [2.24, 2.45) is 5.92 Å². The Labute approximate surface area is 109 Å². The van der Waals surface area contributed by atoms with Crippen molar-refractivity contribution in [3.63, 3.8) is 0 Å². The molecule has 0 aliphatic carbocycles. The second kappa shape index (κ2) is 5.28. The normalized spacial score (nSPS) is 25.4. The Bertz CT molecular complexity index is 332. The van der Waals surface area contributed by atoms with Gasteiger partial charge in [-0.15, -0.1) is 0 Å². The second-order valence-corrected chi connectivity index (χ2v) is 5.24. The summed E-state index contributed by atoms with van der Waals surface area (Å²) in [4.78, 5) is 13.6. The van der Waals surface area contributed by atoms with Gasteiger partial charge in [0.15, 0.2) is 5.60 Å². The molecule has 19 heavy (non-hydrogen) atoms. The Balaban J connectivity index is 1.91. The van der Waals surface area contributed by atoms with Gasteiger partial charge < -0.3 is 14.7 Å². The third-order valence-corrected chi connectivity index (χ3v) is 4.00. The number of piperidine rings is 1. The number of hydrogen-bond donors (Lipinski definition) is 1. The molecule has 0 bridgehead atoms.